The first-order valence-corrected chi connectivity index (χ1v) is 45.8. The maximum atomic E-state index is 13.6. The molecule has 132 heavy (non-hydrogen) atoms. The summed E-state index contributed by atoms with van der Waals surface area (Å²) in [7, 11) is 16.4. The Labute approximate surface area is 775 Å². The molecule has 0 saturated heterocycles. The van der Waals surface area contributed by atoms with E-state index >= 15 is 0 Å². The Morgan fingerprint density at radius 1 is 0.409 bits per heavy atom. The molecule has 0 aliphatic heterocycles. The van der Waals surface area contributed by atoms with E-state index in [1.165, 1.54) is 51.1 Å². The molecule has 8 atom stereocenters. The van der Waals surface area contributed by atoms with Gasteiger partial charge in [0.15, 0.2) is 0 Å². The standard InChI is InChI=1S/C27H34N4O2.C26H33N5O2.C25H25ClF3N3O2.C25H30N4O3/c1-7-22-25(29-24-21-12-10-9-11-18(21)16-23(24)33-8-2)27(32)31(6)26(28-22)20-14-13-19(30(4)5)15-17(20)3;1-7-20-24(29-23-18-12-10-9-11-17(18)14-21(23)33-8-2)26(32)31(6)25(28-20)19-15-27-22(30(4)5)13-16(19)3;1-4-19-22(31-21-16-9-7-6-8-14(16)12-20(21)34-5-2)24(33)32(3)23(30-19)17-11-10-15(13-18(17)26)25(27,28)29;1-6-19-23(28-22-18-11-9-8-10-16(18)14-20(22)32-7-2)25(30)29(4)24(27-19)17-12-13-21(31-5)26-15(17)3/h9-15,23-24,29H,7-8,16H2,1-6H3;9-13,15,21,23,29H,7-8,14H2,1-6H3;6-11,13,20-21,31H,4-5,12H2,1-3H3;8-13,20,22,28H,6-7,14H2,1-5H3/t23-,24?;21-,23?;20-,21?;20-,22?/m0000/s1. The number of halogens is 4. The van der Waals surface area contributed by atoms with Crippen LogP contribution in [0.4, 0.5) is 47.4 Å². The van der Waals surface area contributed by atoms with Gasteiger partial charge in [0.05, 0.1) is 94.7 Å². The Morgan fingerprint density at radius 3 is 1.04 bits per heavy atom. The Morgan fingerprint density at radius 2 is 0.735 bits per heavy atom. The van der Waals surface area contributed by atoms with Crippen molar-refractivity contribution in [2.45, 2.75) is 182 Å². The highest BCUT2D eigenvalue weighted by molar-refractivity contribution is 6.33. The van der Waals surface area contributed by atoms with E-state index in [1.54, 1.807) is 54.2 Å². The highest BCUT2D eigenvalue weighted by Crippen LogP contribution is 2.43. The van der Waals surface area contributed by atoms with Gasteiger partial charge in [-0.15, -0.1) is 0 Å². The molecule has 0 bridgehead atoms. The van der Waals surface area contributed by atoms with Crippen LogP contribution in [-0.4, -0.2) is 134 Å². The molecule has 696 valence electrons. The van der Waals surface area contributed by atoms with Gasteiger partial charge in [-0.1, -0.05) is 136 Å². The number of fused-ring (bicyclic) bond motifs is 4. The molecule has 4 aliphatic rings. The first-order valence-electron chi connectivity index (χ1n) is 45.4. The minimum Gasteiger partial charge on any atom is -0.481 e. The van der Waals surface area contributed by atoms with Gasteiger partial charge in [-0.05, 0) is 178 Å². The van der Waals surface area contributed by atoms with Crippen LogP contribution in [0, 0.1) is 20.8 Å². The van der Waals surface area contributed by atoms with E-state index in [9.17, 15) is 32.3 Å². The van der Waals surface area contributed by atoms with E-state index in [-0.39, 0.29) is 87.2 Å². The minimum atomic E-state index is -4.52. The molecule has 12 aromatic rings. The molecule has 4 aliphatic carbocycles. The normalized spacial score (nSPS) is 17.3. The topological polar surface area (TPSA) is 266 Å². The van der Waals surface area contributed by atoms with E-state index in [0.29, 0.717) is 104 Å². The number of methoxy groups -OCH3 is 1. The van der Waals surface area contributed by atoms with Crippen LogP contribution < -0.4 is 58.0 Å². The summed E-state index contributed by atoms with van der Waals surface area (Å²) in [5.74, 6) is 3.53. The van der Waals surface area contributed by atoms with E-state index in [1.807, 2.05) is 157 Å². The highest BCUT2D eigenvalue weighted by atomic mass is 35.5. The van der Waals surface area contributed by atoms with Crippen LogP contribution >= 0.6 is 11.6 Å². The average molecular weight is 1820 g/mol. The summed E-state index contributed by atoms with van der Waals surface area (Å²) in [6, 6.07) is 47.5. The fourth-order valence-electron chi connectivity index (χ4n) is 18.1. The molecule has 0 amide bonds. The van der Waals surface area contributed by atoms with Gasteiger partial charge in [0.1, 0.15) is 51.9 Å². The lowest BCUT2D eigenvalue weighted by molar-refractivity contribution is -0.137. The summed E-state index contributed by atoms with van der Waals surface area (Å²) in [5, 5.41) is 13.9. The van der Waals surface area contributed by atoms with Gasteiger partial charge in [-0.3, -0.25) is 37.4 Å². The number of pyridine rings is 2. The molecule has 6 aromatic carbocycles. The molecule has 0 radical (unpaired) electrons. The quantitative estimate of drug-likeness (QED) is 0.0373. The number of rotatable bonds is 27. The fourth-order valence-corrected chi connectivity index (χ4v) is 18.4. The van der Waals surface area contributed by atoms with Crippen molar-refractivity contribution in [1.29, 1.82) is 0 Å². The molecule has 0 saturated carbocycles. The molecule has 25 nitrogen and oxygen atoms in total. The number of aromatic nitrogens is 10. The fraction of sp³-hybridized carbons (Fsp3) is 0.398. The van der Waals surface area contributed by atoms with Gasteiger partial charge >= 0.3 is 6.18 Å². The lowest BCUT2D eigenvalue weighted by Crippen LogP contribution is -2.31. The summed E-state index contributed by atoms with van der Waals surface area (Å²) >= 11 is 6.19. The van der Waals surface area contributed by atoms with Crippen molar-refractivity contribution in [3.05, 3.63) is 294 Å². The van der Waals surface area contributed by atoms with Crippen LogP contribution in [0.1, 0.15) is 169 Å². The van der Waals surface area contributed by atoms with Crippen molar-refractivity contribution in [2.75, 3.05) is 92.8 Å². The van der Waals surface area contributed by atoms with Crippen LogP contribution in [0.3, 0.4) is 0 Å². The minimum absolute atomic E-state index is 0.0117. The van der Waals surface area contributed by atoms with Crippen LogP contribution in [0.2, 0.25) is 5.02 Å². The van der Waals surface area contributed by atoms with Crippen LogP contribution in [0.15, 0.2) is 177 Å². The molecular formula is C103H122ClF3N16O9. The van der Waals surface area contributed by atoms with Crippen molar-refractivity contribution in [1.82, 2.24) is 48.2 Å². The van der Waals surface area contributed by atoms with Crippen molar-refractivity contribution in [3.8, 4) is 51.4 Å². The lowest BCUT2D eigenvalue weighted by atomic mass is 10.1. The van der Waals surface area contributed by atoms with Crippen LogP contribution in [-0.2, 0) is 105 Å². The van der Waals surface area contributed by atoms with E-state index in [4.69, 9.17) is 50.2 Å². The predicted octanol–water partition coefficient (Wildman–Crippen LogP) is 18.0. The second-order valence-electron chi connectivity index (χ2n) is 33.8. The van der Waals surface area contributed by atoms with Gasteiger partial charge in [-0.25, -0.2) is 29.9 Å². The number of hydrogen-bond acceptors (Lipinski definition) is 21. The van der Waals surface area contributed by atoms with Crippen LogP contribution in [0.25, 0.3) is 45.6 Å². The lowest BCUT2D eigenvalue weighted by Gasteiger charge is -2.24. The van der Waals surface area contributed by atoms with Gasteiger partial charge in [0.25, 0.3) is 22.2 Å². The Kier molecular flexibility index (Phi) is 31.3. The number of hydrogen-bond donors (Lipinski definition) is 4. The second-order valence-corrected chi connectivity index (χ2v) is 34.2. The molecule has 29 heteroatoms. The van der Waals surface area contributed by atoms with Gasteiger partial charge in [0, 0.05) is 149 Å². The Hall–Kier alpha value is -12.3. The van der Waals surface area contributed by atoms with E-state index in [2.05, 4.69) is 121 Å². The van der Waals surface area contributed by atoms with Crippen molar-refractivity contribution in [2.24, 2.45) is 28.2 Å². The maximum Gasteiger partial charge on any atom is 0.416 e. The smallest absolute Gasteiger partial charge is 0.416 e. The highest BCUT2D eigenvalue weighted by Gasteiger charge is 2.40. The predicted molar refractivity (Wildman–Crippen MR) is 520 cm³/mol. The first kappa shape index (κ1) is 97.2. The number of alkyl halides is 3. The third kappa shape index (κ3) is 20.5. The SMILES string of the molecule is CCO[C@H]1Cc2ccccc2C1Nc1c(CC)nc(-c2ccc(C(F)(F)F)cc2Cl)n(C)c1=O.CCO[C@H]1Cc2ccccc2C1Nc1c(CC)nc(-c2ccc(N(C)C)cc2C)n(C)c1=O.CCO[C@H]1Cc2ccccc2C1Nc1c(CC)nc(-c2ccc(OC)nc2C)n(C)c1=O.CCO[C@H]1Cc2ccccc2C1Nc1c(CC)nc(-c2cnc(N(C)C)cc2C)n(C)c1=O. The Balaban J connectivity index is 0.000000150. The number of nitrogens with one attached hydrogen (secondary N) is 4. The van der Waals surface area contributed by atoms with E-state index < -0.39 is 11.7 Å². The molecule has 6 heterocycles. The zero-order valence-electron chi connectivity index (χ0n) is 79.2. The monoisotopic (exact) mass is 1820 g/mol. The van der Waals surface area contributed by atoms with Crippen LogP contribution in [0.5, 0.6) is 5.88 Å². The van der Waals surface area contributed by atoms with Crippen molar-refractivity contribution in [3.63, 3.8) is 0 Å². The largest absolute Gasteiger partial charge is 0.481 e. The molecular weight excluding hydrogens is 1700 g/mol. The molecule has 0 spiro atoms. The summed E-state index contributed by atoms with van der Waals surface area (Å²) < 4.78 is 74.7. The summed E-state index contributed by atoms with van der Waals surface area (Å²) in [6.45, 7) is 24.3. The molecule has 6 aromatic heterocycles. The maximum absolute atomic E-state index is 13.6. The molecule has 16 rings (SSSR count). The summed E-state index contributed by atoms with van der Waals surface area (Å²) in [6.07, 6.45) is 2.69. The zero-order chi connectivity index (χ0) is 94.8. The van der Waals surface area contributed by atoms with Gasteiger partial charge in [0.2, 0.25) is 5.88 Å². The second kappa shape index (κ2) is 42.5. The number of benzene rings is 6. The van der Waals surface area contributed by atoms with Crippen molar-refractivity contribution >= 4 is 45.9 Å². The van der Waals surface area contributed by atoms with Crippen molar-refractivity contribution < 1.29 is 36.9 Å². The summed E-state index contributed by atoms with van der Waals surface area (Å²) in [5.41, 5.74) is 19.8. The molecule has 4 unspecified atom stereocenters. The first-order chi connectivity index (χ1) is 63.3. The van der Waals surface area contributed by atoms with Gasteiger partial charge in [-0.2, -0.15) is 13.2 Å². The molecule has 4 N–H and O–H groups in total. The third-order valence-electron chi connectivity index (χ3n) is 25.1. The number of ether oxygens (including phenoxy) is 5. The van der Waals surface area contributed by atoms with Gasteiger partial charge < -0.3 is 54.8 Å². The number of nitrogens with zero attached hydrogens (tertiary/aromatic N) is 12. The number of anilines is 6. The summed E-state index contributed by atoms with van der Waals surface area (Å²) in [4.78, 5) is 86.6. The van der Waals surface area contributed by atoms with E-state index in [0.717, 1.165) is 111 Å². The Bertz CT molecular complexity index is 6240. The number of aryl methyl sites for hydroxylation is 7. The molecule has 0 fully saturated rings. The zero-order valence-corrected chi connectivity index (χ0v) is 79.9. The third-order valence-corrected chi connectivity index (χ3v) is 25.4. The average Bonchev–Trinajstić information content (AvgIpc) is 1.40.